The van der Waals surface area contributed by atoms with Gasteiger partial charge in [0.05, 0.1) is 28.3 Å². The molecule has 0 unspecified atom stereocenters. The fraction of sp³-hybridized carbons (Fsp3) is 0.233. The fourth-order valence-electron chi connectivity index (χ4n) is 3.85. The van der Waals surface area contributed by atoms with Crippen LogP contribution >= 0.6 is 27.7 Å². The fourth-order valence-corrected chi connectivity index (χ4v) is 5.45. The molecule has 0 aliphatic carbocycles. The van der Waals surface area contributed by atoms with E-state index in [4.69, 9.17) is 19.2 Å². The minimum atomic E-state index is -0.466. The van der Waals surface area contributed by atoms with Gasteiger partial charge in [0.2, 0.25) is 0 Å². The smallest absolute Gasteiger partial charge is 0.344 e. The normalized spacial score (nSPS) is 15.2. The van der Waals surface area contributed by atoms with Crippen molar-refractivity contribution in [2.45, 2.75) is 20.3 Å². The van der Waals surface area contributed by atoms with Crippen LogP contribution in [0.15, 0.2) is 87.2 Å². The number of esters is 1. The number of carbonyl (C=O) groups excluding carboxylic acids is 2. The third-order valence-corrected chi connectivity index (χ3v) is 7.20. The predicted octanol–water partition coefficient (Wildman–Crippen LogP) is 6.64. The summed E-state index contributed by atoms with van der Waals surface area (Å²) in [5, 5.41) is 0.631. The summed E-state index contributed by atoms with van der Waals surface area (Å²) < 4.78 is 17.0. The van der Waals surface area contributed by atoms with E-state index in [9.17, 15) is 9.59 Å². The number of hydrogen-bond acceptors (Lipinski definition) is 7. The maximum absolute atomic E-state index is 13.6. The lowest BCUT2D eigenvalue weighted by atomic mass is 10.1. The van der Waals surface area contributed by atoms with Crippen molar-refractivity contribution in [2.75, 3.05) is 26.4 Å². The molecule has 0 spiro atoms. The third-order valence-electron chi connectivity index (χ3n) is 5.61. The maximum atomic E-state index is 13.6. The van der Waals surface area contributed by atoms with Crippen molar-refractivity contribution < 1.29 is 23.8 Å². The number of aliphatic imine (C=N–C) groups is 1. The van der Waals surface area contributed by atoms with Gasteiger partial charge >= 0.3 is 5.97 Å². The summed E-state index contributed by atoms with van der Waals surface area (Å²) in [6, 6.07) is 23.3. The summed E-state index contributed by atoms with van der Waals surface area (Å²) in [6.07, 6.45) is 2.53. The van der Waals surface area contributed by atoms with Gasteiger partial charge in [0.1, 0.15) is 0 Å². The molecular formula is C30H29BrN2O5S. The molecule has 3 aromatic carbocycles. The summed E-state index contributed by atoms with van der Waals surface area (Å²) in [4.78, 5) is 32.4. The van der Waals surface area contributed by atoms with Gasteiger partial charge in [0, 0.05) is 6.54 Å². The van der Waals surface area contributed by atoms with E-state index in [1.165, 1.54) is 11.8 Å². The molecular weight excluding hydrogens is 580 g/mol. The molecule has 1 saturated heterocycles. The van der Waals surface area contributed by atoms with Crippen LogP contribution in [0.4, 0.5) is 5.69 Å². The molecule has 7 nitrogen and oxygen atoms in total. The molecule has 3 aromatic rings. The number of ether oxygens (including phenoxy) is 3. The SMILES string of the molecule is CCOC(=O)COc1c(Br)cc(/C=C2\SC(=Nc3ccccc3)N(CCc3ccccc3)C2=O)cc1OCC. The molecule has 0 N–H and O–H groups in total. The summed E-state index contributed by atoms with van der Waals surface area (Å²) in [5.74, 6) is 0.278. The number of para-hydroxylation sites is 1. The van der Waals surface area contributed by atoms with E-state index in [0.29, 0.717) is 45.6 Å². The third kappa shape index (κ3) is 7.74. The number of amides is 1. The number of hydrogen-bond donors (Lipinski definition) is 0. The van der Waals surface area contributed by atoms with Crippen LogP contribution in [-0.4, -0.2) is 48.3 Å². The number of nitrogens with zero attached hydrogens (tertiary/aromatic N) is 2. The quantitative estimate of drug-likeness (QED) is 0.179. The van der Waals surface area contributed by atoms with Crippen LogP contribution in [0.2, 0.25) is 0 Å². The Morgan fingerprint density at radius 3 is 2.41 bits per heavy atom. The Morgan fingerprint density at radius 2 is 1.72 bits per heavy atom. The van der Waals surface area contributed by atoms with Crippen molar-refractivity contribution >= 4 is 56.5 Å². The zero-order chi connectivity index (χ0) is 27.6. The Bertz CT molecular complexity index is 1360. The summed E-state index contributed by atoms with van der Waals surface area (Å²) in [6.45, 7) is 4.55. The molecule has 1 fully saturated rings. The van der Waals surface area contributed by atoms with Crippen molar-refractivity contribution in [1.82, 2.24) is 4.90 Å². The Morgan fingerprint density at radius 1 is 1.00 bits per heavy atom. The van der Waals surface area contributed by atoms with E-state index in [1.54, 1.807) is 17.9 Å². The molecule has 1 heterocycles. The zero-order valence-corrected chi connectivity index (χ0v) is 24.2. The van der Waals surface area contributed by atoms with Gasteiger partial charge in [-0.15, -0.1) is 0 Å². The highest BCUT2D eigenvalue weighted by molar-refractivity contribution is 9.10. The number of thioether (sulfide) groups is 1. The van der Waals surface area contributed by atoms with Crippen molar-refractivity contribution in [1.29, 1.82) is 0 Å². The summed E-state index contributed by atoms with van der Waals surface area (Å²) >= 11 is 4.87. The van der Waals surface area contributed by atoms with Crippen LogP contribution < -0.4 is 9.47 Å². The van der Waals surface area contributed by atoms with Crippen LogP contribution in [0.1, 0.15) is 25.0 Å². The van der Waals surface area contributed by atoms with Gasteiger partial charge in [-0.2, -0.15) is 0 Å². The second-order valence-electron chi connectivity index (χ2n) is 8.39. The van der Waals surface area contributed by atoms with Gasteiger partial charge in [-0.1, -0.05) is 48.5 Å². The van der Waals surface area contributed by atoms with Crippen molar-refractivity contribution in [3.8, 4) is 11.5 Å². The minimum Gasteiger partial charge on any atom is -0.490 e. The number of halogens is 1. The Hall–Kier alpha value is -3.56. The highest BCUT2D eigenvalue weighted by atomic mass is 79.9. The topological polar surface area (TPSA) is 77.4 Å². The number of rotatable bonds is 11. The van der Waals surface area contributed by atoms with Gasteiger partial charge in [0.15, 0.2) is 23.3 Å². The van der Waals surface area contributed by atoms with Crippen LogP contribution in [0, 0.1) is 0 Å². The molecule has 0 atom stereocenters. The van der Waals surface area contributed by atoms with E-state index in [1.807, 2.05) is 67.6 Å². The number of carbonyl (C=O) groups is 2. The van der Waals surface area contributed by atoms with Crippen LogP contribution in [0.25, 0.3) is 6.08 Å². The summed E-state index contributed by atoms with van der Waals surface area (Å²) in [5.41, 5.74) is 2.67. The zero-order valence-electron chi connectivity index (χ0n) is 21.8. The second-order valence-corrected chi connectivity index (χ2v) is 10.3. The molecule has 39 heavy (non-hydrogen) atoms. The first-order chi connectivity index (χ1) is 19.0. The van der Waals surface area contributed by atoms with E-state index >= 15 is 0 Å². The van der Waals surface area contributed by atoms with Crippen LogP contribution in [0.5, 0.6) is 11.5 Å². The molecule has 9 heteroatoms. The first-order valence-electron chi connectivity index (χ1n) is 12.6. The summed E-state index contributed by atoms with van der Waals surface area (Å²) in [7, 11) is 0. The Labute approximate surface area is 241 Å². The molecule has 0 radical (unpaired) electrons. The van der Waals surface area contributed by atoms with Crippen molar-refractivity contribution in [2.24, 2.45) is 4.99 Å². The maximum Gasteiger partial charge on any atom is 0.344 e. The van der Waals surface area contributed by atoms with Crippen molar-refractivity contribution in [3.63, 3.8) is 0 Å². The minimum absolute atomic E-state index is 0.109. The lowest BCUT2D eigenvalue weighted by Gasteiger charge is -2.15. The van der Waals surface area contributed by atoms with Crippen molar-refractivity contribution in [3.05, 3.63) is 93.3 Å². The lowest BCUT2D eigenvalue weighted by Crippen LogP contribution is -2.31. The van der Waals surface area contributed by atoms with Gasteiger partial charge in [0.25, 0.3) is 5.91 Å². The monoisotopic (exact) mass is 608 g/mol. The van der Waals surface area contributed by atoms with E-state index in [0.717, 1.165) is 16.8 Å². The second kappa shape index (κ2) is 14.0. The first kappa shape index (κ1) is 28.4. The van der Waals surface area contributed by atoms with Gasteiger partial charge < -0.3 is 14.2 Å². The first-order valence-corrected chi connectivity index (χ1v) is 14.2. The lowest BCUT2D eigenvalue weighted by molar-refractivity contribution is -0.145. The predicted molar refractivity (Wildman–Crippen MR) is 158 cm³/mol. The Balaban J connectivity index is 1.62. The molecule has 0 aromatic heterocycles. The molecule has 202 valence electrons. The van der Waals surface area contributed by atoms with Gasteiger partial charge in [-0.05, 0) is 89.4 Å². The van der Waals surface area contributed by atoms with Gasteiger partial charge in [-0.3, -0.25) is 9.69 Å². The van der Waals surface area contributed by atoms with E-state index in [-0.39, 0.29) is 19.1 Å². The average molecular weight is 610 g/mol. The number of amidine groups is 1. The van der Waals surface area contributed by atoms with Gasteiger partial charge in [-0.25, -0.2) is 9.79 Å². The molecule has 4 rings (SSSR count). The highest BCUT2D eigenvalue weighted by Crippen LogP contribution is 2.40. The molecule has 1 aliphatic heterocycles. The molecule has 1 amide bonds. The van der Waals surface area contributed by atoms with E-state index in [2.05, 4.69) is 28.1 Å². The standard InChI is InChI=1S/C30H29BrN2O5S/c1-3-36-25-18-22(17-24(31)28(25)38-20-27(34)37-4-2)19-26-29(35)33(16-15-21-11-7-5-8-12-21)30(39-26)32-23-13-9-6-10-14-23/h5-14,17-19H,3-4,15-16,20H2,1-2H3/b26-19-,32-30?. The molecule has 1 aliphatic rings. The number of benzene rings is 3. The molecule has 0 bridgehead atoms. The average Bonchev–Trinajstić information content (AvgIpc) is 3.21. The molecule has 0 saturated carbocycles. The van der Waals surface area contributed by atoms with Crippen LogP contribution in [0.3, 0.4) is 0 Å². The Kier molecular flexibility index (Phi) is 10.2. The highest BCUT2D eigenvalue weighted by Gasteiger charge is 2.33. The van der Waals surface area contributed by atoms with Crippen LogP contribution in [-0.2, 0) is 20.7 Å². The van der Waals surface area contributed by atoms with E-state index < -0.39 is 5.97 Å². The largest absolute Gasteiger partial charge is 0.490 e.